The van der Waals surface area contributed by atoms with Gasteiger partial charge in [-0.3, -0.25) is 9.36 Å². The first kappa shape index (κ1) is 31.6. The number of alkyl halides is 1. The maximum absolute atomic E-state index is 13.2. The minimum atomic E-state index is -2.77. The first-order chi connectivity index (χ1) is 18.8. The number of nitrogens with one attached hydrogen (secondary N) is 1. The lowest BCUT2D eigenvalue weighted by Gasteiger charge is -2.51. The highest BCUT2D eigenvalue weighted by Gasteiger charge is 2.61. The number of amides is 1. The molecule has 0 bridgehead atoms. The molecule has 4 rings (SSSR count). The van der Waals surface area contributed by atoms with E-state index in [1.165, 1.54) is 0 Å². The Morgan fingerprint density at radius 2 is 1.60 bits per heavy atom. The number of rotatable bonds is 7. The molecule has 40 heavy (non-hydrogen) atoms. The topological polar surface area (TPSA) is 91.7 Å². The van der Waals surface area contributed by atoms with Crippen LogP contribution in [0.3, 0.4) is 0 Å². The fraction of sp³-hybridized carbons (Fsp3) is 0.607. The molecule has 1 N–H and O–H groups in total. The van der Waals surface area contributed by atoms with E-state index in [9.17, 15) is 9.59 Å². The van der Waals surface area contributed by atoms with E-state index < -0.39 is 22.8 Å². The van der Waals surface area contributed by atoms with E-state index in [0.717, 1.165) is 0 Å². The van der Waals surface area contributed by atoms with Gasteiger partial charge in [0.05, 0.1) is 28.2 Å². The molecule has 8 nitrogen and oxygen atoms in total. The molecule has 0 spiro atoms. The molecule has 0 radical (unpaired) electrons. The molecule has 220 valence electrons. The molecule has 12 heteroatoms. The number of aromatic nitrogens is 2. The number of halogens is 1. The van der Waals surface area contributed by atoms with Gasteiger partial charge in [0.25, 0.3) is 5.91 Å². The molecule has 2 aliphatic rings. The molecule has 1 aromatic carbocycles. The number of benzene rings is 1. The van der Waals surface area contributed by atoms with Crippen molar-refractivity contribution in [3.05, 3.63) is 58.6 Å². The first-order valence-corrected chi connectivity index (χ1v) is 19.9. The van der Waals surface area contributed by atoms with Crippen LogP contribution in [-0.2, 0) is 13.0 Å². The van der Waals surface area contributed by atoms with Crippen LogP contribution < -0.4 is 11.0 Å². The van der Waals surface area contributed by atoms with Crippen LogP contribution in [0.15, 0.2) is 47.4 Å². The van der Waals surface area contributed by atoms with E-state index in [-0.39, 0.29) is 55.4 Å². The maximum atomic E-state index is 13.2. The smallest absolute Gasteiger partial charge is 0.350 e. The molecule has 3 heterocycles. The second kappa shape index (κ2) is 12.5. The Balaban J connectivity index is 1.64. The van der Waals surface area contributed by atoms with Crippen LogP contribution in [0.25, 0.3) is 0 Å². The lowest BCUT2D eigenvalue weighted by molar-refractivity contribution is 0.0744. The van der Waals surface area contributed by atoms with E-state index in [4.69, 9.17) is 13.0 Å². The fourth-order valence-corrected chi connectivity index (χ4v) is 20.2. The zero-order valence-corrected chi connectivity index (χ0v) is 29.0. The highest BCUT2D eigenvalue weighted by Crippen LogP contribution is 2.53. The summed E-state index contributed by atoms with van der Waals surface area (Å²) in [6.45, 7) is 18.2. The van der Waals surface area contributed by atoms with Crippen LogP contribution >= 0.6 is 27.7 Å². The number of carbonyl (C=O) groups excluding carboxylic acids is 1. The minimum Gasteiger partial charge on any atom is -0.414 e. The molecule has 2 aromatic rings. The zero-order valence-electron chi connectivity index (χ0n) is 24.6. The summed E-state index contributed by atoms with van der Waals surface area (Å²) in [7, 11) is -5.41. The summed E-state index contributed by atoms with van der Waals surface area (Å²) < 4.78 is 23.1. The van der Waals surface area contributed by atoms with E-state index in [0.29, 0.717) is 12.2 Å². The average molecular weight is 669 g/mol. The summed E-state index contributed by atoms with van der Waals surface area (Å²) in [6.07, 6.45) is 1.51. The molecule has 2 fully saturated rings. The van der Waals surface area contributed by atoms with Gasteiger partial charge in [0.1, 0.15) is 5.82 Å². The lowest BCUT2D eigenvalue weighted by Crippen LogP contribution is -2.65. The molecule has 4 atom stereocenters. The Labute approximate surface area is 252 Å². The van der Waals surface area contributed by atoms with Crippen molar-refractivity contribution < 1.29 is 17.8 Å². The van der Waals surface area contributed by atoms with E-state index in [1.54, 1.807) is 52.9 Å². The number of fused-ring (bicyclic) bond motifs is 1. The molecule has 2 aliphatic heterocycles. The summed E-state index contributed by atoms with van der Waals surface area (Å²) in [4.78, 5) is 29.8. The summed E-state index contributed by atoms with van der Waals surface area (Å²) in [5.74, 6) is -0.0894. The van der Waals surface area contributed by atoms with Crippen molar-refractivity contribution in [3.63, 3.8) is 0 Å². The fourth-order valence-electron chi connectivity index (χ4n) is 5.79. The van der Waals surface area contributed by atoms with Crippen LogP contribution in [-0.4, -0.2) is 55.4 Å². The standard InChI is InChI=1S/C28H42BrN3O5SSi2/c1-17(2)39(18(3)4)35-16-22-25(36-40(37-39,19(5)6)20(7)8)24(29)27(38-22)32-15-14-23(31-28(32)34)30-26(33)21-12-10-9-11-13-21/h9-15,17-20,22,24-25,27H,16H2,1-8H3,(H,30,31,33,34)/t22-,24-,25-,27-/m1/s1. The van der Waals surface area contributed by atoms with Crippen molar-refractivity contribution in [3.8, 4) is 0 Å². The Morgan fingerprint density at radius 3 is 2.15 bits per heavy atom. The Morgan fingerprint density at radius 1 is 1.00 bits per heavy atom. The molecule has 0 saturated carbocycles. The normalized spacial score (nSPS) is 26.1. The van der Waals surface area contributed by atoms with Gasteiger partial charge in [0.2, 0.25) is 0 Å². The lowest BCUT2D eigenvalue weighted by atomic mass is 10.2. The van der Waals surface area contributed by atoms with Gasteiger partial charge in [-0.05, 0) is 40.4 Å². The van der Waals surface area contributed by atoms with E-state index in [2.05, 4.69) is 81.6 Å². The summed E-state index contributed by atoms with van der Waals surface area (Å²) >= 11 is 5.61. The molecule has 2 saturated heterocycles. The summed E-state index contributed by atoms with van der Waals surface area (Å²) in [6, 6.07) is 10.5. The van der Waals surface area contributed by atoms with E-state index >= 15 is 0 Å². The third kappa shape index (κ3) is 5.95. The minimum absolute atomic E-state index is 0.0244. The van der Waals surface area contributed by atoms with Gasteiger partial charge in [-0.2, -0.15) is 4.98 Å². The third-order valence-corrected chi connectivity index (χ3v) is 21.2. The predicted molar refractivity (Wildman–Crippen MR) is 170 cm³/mol. The number of hydrogen-bond donors (Lipinski definition) is 1. The highest BCUT2D eigenvalue weighted by atomic mass is 79.9. The zero-order chi connectivity index (χ0) is 29.4. The van der Waals surface area contributed by atoms with Crippen LogP contribution in [0.5, 0.6) is 0 Å². The molecule has 1 amide bonds. The third-order valence-electron chi connectivity index (χ3n) is 7.98. The van der Waals surface area contributed by atoms with Gasteiger partial charge in [-0.1, -0.05) is 89.5 Å². The first-order valence-electron chi connectivity index (χ1n) is 14.1. The van der Waals surface area contributed by atoms with Crippen molar-refractivity contribution in [2.75, 3.05) is 11.9 Å². The Hall–Kier alpha value is -1.29. The number of nitrogens with zero attached hydrogens (tertiary/aromatic N) is 2. The van der Waals surface area contributed by atoms with Gasteiger partial charge >= 0.3 is 22.8 Å². The Kier molecular flexibility index (Phi) is 9.91. The summed E-state index contributed by atoms with van der Waals surface area (Å²) in [5.41, 5.74) is 1.05. The van der Waals surface area contributed by atoms with Gasteiger partial charge in [-0.25, -0.2) is 4.79 Å². The molecule has 0 unspecified atom stereocenters. The van der Waals surface area contributed by atoms with Crippen LogP contribution in [0.2, 0.25) is 22.2 Å². The van der Waals surface area contributed by atoms with Gasteiger partial charge in [0, 0.05) is 11.8 Å². The van der Waals surface area contributed by atoms with Gasteiger partial charge in [-0.15, -0.1) is 11.8 Å². The maximum Gasteiger partial charge on any atom is 0.350 e. The molecule has 0 aliphatic carbocycles. The largest absolute Gasteiger partial charge is 0.414 e. The molecule has 1 aromatic heterocycles. The van der Waals surface area contributed by atoms with Crippen molar-refractivity contribution in [2.24, 2.45) is 0 Å². The Bertz CT molecular complexity index is 1230. The number of hydrogen-bond acceptors (Lipinski definition) is 7. The number of carbonyl (C=O) groups is 1. The van der Waals surface area contributed by atoms with Crippen molar-refractivity contribution in [2.45, 2.75) is 99.1 Å². The predicted octanol–water partition coefficient (Wildman–Crippen LogP) is 6.83. The summed E-state index contributed by atoms with van der Waals surface area (Å²) in [5, 5.41) is 2.50. The molecular weight excluding hydrogens is 626 g/mol. The highest BCUT2D eigenvalue weighted by molar-refractivity contribution is 9.09. The SMILES string of the molecule is CC(C)[Si]1(C(C)C)OC[C@H]2S[C@@H](n3ccc(NC(=O)c4ccccc4)nc3=O)[C@H](Br)[C@@H]2O[Si](C(C)C)(C(C)C)O1. The second-order valence-corrected chi connectivity index (χ2v) is 23.2. The van der Waals surface area contributed by atoms with Gasteiger partial charge < -0.3 is 18.3 Å². The average Bonchev–Trinajstić information content (AvgIpc) is 3.18. The monoisotopic (exact) mass is 667 g/mol. The number of anilines is 1. The van der Waals surface area contributed by atoms with Gasteiger partial charge in [0.15, 0.2) is 0 Å². The quantitative estimate of drug-likeness (QED) is 0.256. The van der Waals surface area contributed by atoms with E-state index in [1.807, 2.05) is 6.07 Å². The van der Waals surface area contributed by atoms with Crippen LogP contribution in [0.4, 0.5) is 5.82 Å². The second-order valence-electron chi connectivity index (χ2n) is 11.9. The van der Waals surface area contributed by atoms with Crippen LogP contribution in [0.1, 0.15) is 71.1 Å². The van der Waals surface area contributed by atoms with Crippen molar-refractivity contribution >= 4 is 56.5 Å². The molecular formula is C28H42BrN3O5SSi2. The van der Waals surface area contributed by atoms with Crippen molar-refractivity contribution in [1.82, 2.24) is 9.55 Å². The van der Waals surface area contributed by atoms with Crippen LogP contribution in [0, 0.1) is 0 Å². The number of thioether (sulfide) groups is 1. The van der Waals surface area contributed by atoms with Crippen molar-refractivity contribution in [1.29, 1.82) is 0 Å².